The van der Waals surface area contributed by atoms with Crippen LogP contribution in [0.2, 0.25) is 0 Å². The third kappa shape index (κ3) is 2.45. The molecule has 0 N–H and O–H groups in total. The normalized spacial score (nSPS) is 20.1. The molecule has 0 spiro atoms. The highest BCUT2D eigenvalue weighted by Crippen LogP contribution is 2.42. The fraction of sp³-hybridized carbons (Fsp3) is 0.538. The minimum atomic E-state index is 0.458. The highest BCUT2D eigenvalue weighted by Gasteiger charge is 2.21. The average Bonchev–Trinajstić information content (AvgIpc) is 2.46. The second kappa shape index (κ2) is 5.54. The maximum Gasteiger partial charge on any atom is 0.122 e. The number of hydrogen-bond donors (Lipinski definition) is 0. The van der Waals surface area contributed by atoms with Gasteiger partial charge >= 0.3 is 0 Å². The molecule has 0 heterocycles. The molecular formula is C13H16Br2O. The van der Waals surface area contributed by atoms with Gasteiger partial charge in [0.05, 0.1) is 6.61 Å². The Labute approximate surface area is 114 Å². The van der Waals surface area contributed by atoms with Crippen LogP contribution in [0.15, 0.2) is 16.6 Å². The molecule has 0 aliphatic heterocycles. The van der Waals surface area contributed by atoms with Gasteiger partial charge in [-0.15, -0.1) is 0 Å². The number of ether oxygens (including phenoxy) is 1. The Bertz CT molecular complexity index is 376. The average molecular weight is 348 g/mol. The molecule has 1 nitrogen and oxygen atoms in total. The molecule has 0 saturated heterocycles. The Morgan fingerprint density at radius 3 is 2.94 bits per heavy atom. The summed E-state index contributed by atoms with van der Waals surface area (Å²) in [7, 11) is 0. The Hall–Kier alpha value is -0.0200. The van der Waals surface area contributed by atoms with Crippen molar-refractivity contribution in [1.29, 1.82) is 0 Å². The molecule has 0 fully saturated rings. The van der Waals surface area contributed by atoms with Crippen LogP contribution in [0.5, 0.6) is 5.75 Å². The standard InChI is InChI=1S/C13H16Br2O/c1-2-16-12-8-7-11(15)13-9(12)5-3-4-6-10(13)14/h7-8,10H,2-6H2,1H3. The van der Waals surface area contributed by atoms with Crippen molar-refractivity contribution in [3.8, 4) is 5.75 Å². The fourth-order valence-electron chi connectivity index (χ4n) is 2.27. The Balaban J connectivity index is 2.48. The van der Waals surface area contributed by atoms with E-state index >= 15 is 0 Å². The van der Waals surface area contributed by atoms with Crippen molar-refractivity contribution in [2.75, 3.05) is 6.61 Å². The molecule has 0 aromatic heterocycles. The molecule has 1 aliphatic carbocycles. The van der Waals surface area contributed by atoms with E-state index in [9.17, 15) is 0 Å². The first-order chi connectivity index (χ1) is 7.74. The third-order valence-electron chi connectivity index (χ3n) is 3.01. The van der Waals surface area contributed by atoms with Gasteiger partial charge in [0.15, 0.2) is 0 Å². The zero-order valence-corrected chi connectivity index (χ0v) is 12.6. The van der Waals surface area contributed by atoms with Crippen LogP contribution >= 0.6 is 31.9 Å². The largest absolute Gasteiger partial charge is 0.494 e. The topological polar surface area (TPSA) is 9.23 Å². The van der Waals surface area contributed by atoms with E-state index in [0.717, 1.165) is 18.8 Å². The first-order valence-electron chi connectivity index (χ1n) is 5.82. The lowest BCUT2D eigenvalue weighted by Gasteiger charge is -2.17. The number of fused-ring (bicyclic) bond motifs is 1. The van der Waals surface area contributed by atoms with Crippen LogP contribution < -0.4 is 4.74 Å². The Morgan fingerprint density at radius 1 is 1.38 bits per heavy atom. The van der Waals surface area contributed by atoms with E-state index in [2.05, 4.69) is 44.0 Å². The summed E-state index contributed by atoms with van der Waals surface area (Å²) >= 11 is 7.44. The van der Waals surface area contributed by atoms with E-state index in [4.69, 9.17) is 4.74 Å². The smallest absolute Gasteiger partial charge is 0.122 e. The number of rotatable bonds is 2. The van der Waals surface area contributed by atoms with Crippen molar-refractivity contribution in [1.82, 2.24) is 0 Å². The first-order valence-corrected chi connectivity index (χ1v) is 7.53. The van der Waals surface area contributed by atoms with Crippen molar-refractivity contribution in [3.63, 3.8) is 0 Å². The minimum absolute atomic E-state index is 0.458. The maximum absolute atomic E-state index is 5.72. The van der Waals surface area contributed by atoms with Gasteiger partial charge in [0.2, 0.25) is 0 Å². The van der Waals surface area contributed by atoms with E-state index in [1.54, 1.807) is 0 Å². The van der Waals surface area contributed by atoms with Gasteiger partial charge in [0.1, 0.15) is 5.75 Å². The molecule has 0 saturated carbocycles. The van der Waals surface area contributed by atoms with Gasteiger partial charge < -0.3 is 4.74 Å². The molecule has 2 rings (SSSR count). The van der Waals surface area contributed by atoms with Gasteiger partial charge in [-0.1, -0.05) is 38.3 Å². The molecule has 1 atom stereocenters. The molecule has 1 unspecified atom stereocenters. The van der Waals surface area contributed by atoms with Gasteiger partial charge in [-0.3, -0.25) is 0 Å². The minimum Gasteiger partial charge on any atom is -0.494 e. The molecule has 0 amide bonds. The number of alkyl halides is 1. The van der Waals surface area contributed by atoms with E-state index in [1.165, 1.54) is 34.9 Å². The van der Waals surface area contributed by atoms with Crippen molar-refractivity contribution in [3.05, 3.63) is 27.7 Å². The zero-order chi connectivity index (χ0) is 11.5. The Kier molecular flexibility index (Phi) is 4.31. The number of halogens is 2. The van der Waals surface area contributed by atoms with Gasteiger partial charge in [-0.25, -0.2) is 0 Å². The molecule has 1 aliphatic rings. The van der Waals surface area contributed by atoms with Crippen LogP contribution in [-0.4, -0.2) is 6.61 Å². The molecule has 1 aromatic rings. The lowest BCUT2D eigenvalue weighted by Crippen LogP contribution is -2.01. The summed E-state index contributed by atoms with van der Waals surface area (Å²) in [5, 5.41) is 0. The summed E-state index contributed by atoms with van der Waals surface area (Å²) in [4.78, 5) is 0.458. The van der Waals surface area contributed by atoms with Crippen LogP contribution in [0, 0.1) is 0 Å². The second-order valence-electron chi connectivity index (χ2n) is 4.08. The van der Waals surface area contributed by atoms with Gasteiger partial charge in [0, 0.05) is 9.30 Å². The SMILES string of the molecule is CCOc1ccc(Br)c2c1CCCCC2Br. The van der Waals surface area contributed by atoms with Gasteiger partial charge in [-0.2, -0.15) is 0 Å². The fourth-order valence-corrected chi connectivity index (χ4v) is 4.07. The number of benzene rings is 1. The van der Waals surface area contributed by atoms with Crippen LogP contribution in [0.3, 0.4) is 0 Å². The van der Waals surface area contributed by atoms with E-state index < -0.39 is 0 Å². The Morgan fingerprint density at radius 2 is 2.19 bits per heavy atom. The third-order valence-corrected chi connectivity index (χ3v) is 4.62. The predicted molar refractivity (Wildman–Crippen MR) is 74.5 cm³/mol. The van der Waals surface area contributed by atoms with Crippen molar-refractivity contribution in [2.24, 2.45) is 0 Å². The molecular weight excluding hydrogens is 332 g/mol. The maximum atomic E-state index is 5.72. The summed E-state index contributed by atoms with van der Waals surface area (Å²) in [6.07, 6.45) is 4.88. The van der Waals surface area contributed by atoms with Crippen molar-refractivity contribution in [2.45, 2.75) is 37.4 Å². The summed E-state index contributed by atoms with van der Waals surface area (Å²) in [5.74, 6) is 1.06. The number of hydrogen-bond acceptors (Lipinski definition) is 1. The second-order valence-corrected chi connectivity index (χ2v) is 6.04. The summed E-state index contributed by atoms with van der Waals surface area (Å²) < 4.78 is 6.92. The van der Waals surface area contributed by atoms with Crippen LogP contribution in [0.1, 0.15) is 42.1 Å². The predicted octanol–water partition coefficient (Wildman–Crippen LogP) is 5.01. The first kappa shape index (κ1) is 12.4. The quantitative estimate of drug-likeness (QED) is 0.539. The molecule has 16 heavy (non-hydrogen) atoms. The van der Waals surface area contributed by atoms with E-state index in [-0.39, 0.29) is 0 Å². The summed E-state index contributed by atoms with van der Waals surface area (Å²) in [6.45, 7) is 2.78. The highest BCUT2D eigenvalue weighted by molar-refractivity contribution is 9.11. The molecule has 0 bridgehead atoms. The monoisotopic (exact) mass is 346 g/mol. The summed E-state index contributed by atoms with van der Waals surface area (Å²) in [6, 6.07) is 4.18. The molecule has 1 aromatic carbocycles. The van der Waals surface area contributed by atoms with Crippen molar-refractivity contribution >= 4 is 31.9 Å². The molecule has 0 radical (unpaired) electrons. The van der Waals surface area contributed by atoms with E-state index in [0.29, 0.717) is 4.83 Å². The van der Waals surface area contributed by atoms with Gasteiger partial charge in [-0.05, 0) is 49.4 Å². The van der Waals surface area contributed by atoms with Crippen LogP contribution in [0.4, 0.5) is 0 Å². The molecule has 3 heteroatoms. The highest BCUT2D eigenvalue weighted by atomic mass is 79.9. The zero-order valence-electron chi connectivity index (χ0n) is 9.43. The van der Waals surface area contributed by atoms with Crippen LogP contribution in [0.25, 0.3) is 0 Å². The summed E-state index contributed by atoms with van der Waals surface area (Å²) in [5.41, 5.74) is 2.78. The lowest BCUT2D eigenvalue weighted by molar-refractivity contribution is 0.336. The van der Waals surface area contributed by atoms with E-state index in [1.807, 2.05) is 6.92 Å². The van der Waals surface area contributed by atoms with Gasteiger partial charge in [0.25, 0.3) is 0 Å². The van der Waals surface area contributed by atoms with Crippen molar-refractivity contribution < 1.29 is 4.74 Å². The molecule has 88 valence electrons. The van der Waals surface area contributed by atoms with Crippen LogP contribution in [-0.2, 0) is 6.42 Å². The lowest BCUT2D eigenvalue weighted by atomic mass is 10.0.